The Morgan fingerprint density at radius 1 is 1.03 bits per heavy atom. The molecule has 7 heteroatoms. The molecule has 150 valence electrons. The van der Waals surface area contributed by atoms with Crippen LogP contribution in [0.2, 0.25) is 0 Å². The van der Waals surface area contributed by atoms with Gasteiger partial charge >= 0.3 is 6.03 Å². The summed E-state index contributed by atoms with van der Waals surface area (Å²) < 4.78 is 0. The van der Waals surface area contributed by atoms with Gasteiger partial charge in [-0.05, 0) is 51.1 Å². The van der Waals surface area contributed by atoms with E-state index < -0.39 is 17.8 Å². The molecular weight excluding hydrogens is 370 g/mol. The fourth-order valence-corrected chi connectivity index (χ4v) is 3.18. The summed E-state index contributed by atoms with van der Waals surface area (Å²) >= 11 is 0. The van der Waals surface area contributed by atoms with Crippen LogP contribution in [0.15, 0.2) is 48.0 Å². The zero-order valence-electron chi connectivity index (χ0n) is 16.6. The summed E-state index contributed by atoms with van der Waals surface area (Å²) in [6, 6.07) is 11.1. The van der Waals surface area contributed by atoms with Crippen molar-refractivity contribution in [3.8, 4) is 5.75 Å². The van der Waals surface area contributed by atoms with E-state index in [2.05, 4.69) is 10.2 Å². The average molecular weight is 393 g/mol. The molecule has 2 aromatic rings. The molecule has 0 radical (unpaired) electrons. The highest BCUT2D eigenvalue weighted by atomic mass is 16.3. The first-order chi connectivity index (χ1) is 13.8. The van der Waals surface area contributed by atoms with Crippen molar-refractivity contribution < 1.29 is 19.5 Å². The lowest BCUT2D eigenvalue weighted by molar-refractivity contribution is -0.122. The molecule has 7 nitrogen and oxygen atoms in total. The minimum Gasteiger partial charge on any atom is -0.507 e. The number of imide groups is 2. The van der Waals surface area contributed by atoms with Crippen LogP contribution in [0, 0.1) is 6.92 Å². The second-order valence-electron chi connectivity index (χ2n) is 6.71. The predicted molar refractivity (Wildman–Crippen MR) is 112 cm³/mol. The molecule has 2 aromatic carbocycles. The molecule has 0 bridgehead atoms. The van der Waals surface area contributed by atoms with Crippen molar-refractivity contribution in [1.82, 2.24) is 5.32 Å². The van der Waals surface area contributed by atoms with Crippen LogP contribution >= 0.6 is 0 Å². The van der Waals surface area contributed by atoms with Gasteiger partial charge in [-0.1, -0.05) is 17.7 Å². The number of benzene rings is 2. The first kappa shape index (κ1) is 20.1. The van der Waals surface area contributed by atoms with Crippen LogP contribution in [0.1, 0.15) is 25.0 Å². The smallest absolute Gasteiger partial charge is 0.335 e. The first-order valence-electron chi connectivity index (χ1n) is 9.41. The number of phenols is 1. The van der Waals surface area contributed by atoms with E-state index in [-0.39, 0.29) is 11.3 Å². The third-order valence-corrected chi connectivity index (χ3v) is 4.84. The zero-order valence-corrected chi connectivity index (χ0v) is 16.6. The number of rotatable bonds is 5. The second kappa shape index (κ2) is 8.18. The number of hydrogen-bond donors (Lipinski definition) is 2. The van der Waals surface area contributed by atoms with E-state index in [4.69, 9.17) is 0 Å². The number of phenolic OH excluding ortho intramolecular Hbond substituents is 1. The maximum atomic E-state index is 12.9. The van der Waals surface area contributed by atoms with Gasteiger partial charge in [0.15, 0.2) is 0 Å². The molecule has 1 aliphatic heterocycles. The van der Waals surface area contributed by atoms with Crippen molar-refractivity contribution in [1.29, 1.82) is 0 Å². The van der Waals surface area contributed by atoms with Crippen LogP contribution in [-0.2, 0) is 9.59 Å². The number of urea groups is 1. The maximum absolute atomic E-state index is 12.9. The second-order valence-corrected chi connectivity index (χ2v) is 6.71. The van der Waals surface area contributed by atoms with E-state index in [1.165, 1.54) is 6.08 Å². The number of nitrogens with zero attached hydrogens (tertiary/aromatic N) is 2. The molecule has 0 spiro atoms. The summed E-state index contributed by atoms with van der Waals surface area (Å²) in [6.45, 7) is 7.48. The Balaban J connectivity index is 1.97. The normalized spacial score (nSPS) is 15.6. The molecule has 1 fully saturated rings. The van der Waals surface area contributed by atoms with Crippen molar-refractivity contribution in [3.63, 3.8) is 0 Å². The number of hydrogen-bond acceptors (Lipinski definition) is 5. The van der Waals surface area contributed by atoms with Gasteiger partial charge in [-0.2, -0.15) is 0 Å². The highest BCUT2D eigenvalue weighted by molar-refractivity contribution is 6.39. The molecular formula is C22H23N3O4. The number of aromatic hydroxyl groups is 1. The monoisotopic (exact) mass is 393 g/mol. The van der Waals surface area contributed by atoms with Crippen LogP contribution in [0.4, 0.5) is 16.2 Å². The van der Waals surface area contributed by atoms with Crippen molar-refractivity contribution in [2.24, 2.45) is 0 Å². The van der Waals surface area contributed by atoms with E-state index in [0.29, 0.717) is 11.3 Å². The molecule has 0 unspecified atom stereocenters. The number of amides is 4. The topological polar surface area (TPSA) is 90.0 Å². The number of anilines is 2. The van der Waals surface area contributed by atoms with E-state index in [9.17, 15) is 19.5 Å². The third kappa shape index (κ3) is 3.99. The van der Waals surface area contributed by atoms with Gasteiger partial charge < -0.3 is 10.0 Å². The van der Waals surface area contributed by atoms with Gasteiger partial charge in [-0.25, -0.2) is 9.69 Å². The number of carbonyl (C=O) groups excluding carboxylic acids is 3. The summed E-state index contributed by atoms with van der Waals surface area (Å²) in [5.41, 5.74) is 2.26. The SMILES string of the molecule is CCN(CC)c1ccc(/C=C2\C(=O)NC(=O)N(c3ccc(C)cc3)C2=O)c(O)c1. The van der Waals surface area contributed by atoms with Gasteiger partial charge in [-0.3, -0.25) is 14.9 Å². The van der Waals surface area contributed by atoms with E-state index >= 15 is 0 Å². The number of carbonyl (C=O) groups is 3. The minimum atomic E-state index is -0.804. The van der Waals surface area contributed by atoms with Crippen LogP contribution in [-0.4, -0.2) is 36.0 Å². The molecule has 0 aromatic heterocycles. The Kier molecular flexibility index (Phi) is 5.68. The lowest BCUT2D eigenvalue weighted by atomic mass is 10.0. The Labute approximate surface area is 169 Å². The van der Waals surface area contributed by atoms with Gasteiger partial charge in [-0.15, -0.1) is 0 Å². The van der Waals surface area contributed by atoms with Gasteiger partial charge in [0.2, 0.25) is 0 Å². The summed E-state index contributed by atoms with van der Waals surface area (Å²) in [5.74, 6) is -1.59. The molecule has 0 aliphatic carbocycles. The fourth-order valence-electron chi connectivity index (χ4n) is 3.18. The van der Waals surface area contributed by atoms with Crippen LogP contribution in [0.25, 0.3) is 6.08 Å². The van der Waals surface area contributed by atoms with Gasteiger partial charge in [0.05, 0.1) is 5.69 Å². The average Bonchev–Trinajstić information content (AvgIpc) is 2.69. The molecule has 1 aliphatic rings. The van der Waals surface area contributed by atoms with Crippen molar-refractivity contribution >= 4 is 35.3 Å². The number of nitrogens with one attached hydrogen (secondary N) is 1. The maximum Gasteiger partial charge on any atom is 0.335 e. The third-order valence-electron chi connectivity index (χ3n) is 4.84. The zero-order chi connectivity index (χ0) is 21.1. The minimum absolute atomic E-state index is 0.0544. The predicted octanol–water partition coefficient (Wildman–Crippen LogP) is 3.21. The van der Waals surface area contributed by atoms with Crippen molar-refractivity contribution in [2.45, 2.75) is 20.8 Å². The standard InChI is InChI=1S/C22H23N3O4/c1-4-24(5-2)17-11-8-15(19(26)13-17)12-18-20(27)23-22(29)25(21(18)28)16-9-6-14(3)7-10-16/h6-13,26H,4-5H2,1-3H3,(H,23,27,29)/b18-12+. The lowest BCUT2D eigenvalue weighted by Crippen LogP contribution is -2.54. The summed E-state index contributed by atoms with van der Waals surface area (Å²) in [4.78, 5) is 40.4. The molecule has 2 N–H and O–H groups in total. The Hall–Kier alpha value is -3.61. The van der Waals surface area contributed by atoms with E-state index in [0.717, 1.165) is 29.2 Å². The molecule has 0 saturated carbocycles. The molecule has 1 heterocycles. The quantitative estimate of drug-likeness (QED) is 0.601. The highest BCUT2D eigenvalue weighted by Crippen LogP contribution is 2.28. The van der Waals surface area contributed by atoms with Crippen LogP contribution < -0.4 is 15.1 Å². The number of barbiturate groups is 1. The lowest BCUT2D eigenvalue weighted by Gasteiger charge is -2.26. The molecule has 4 amide bonds. The van der Waals surface area contributed by atoms with Gasteiger partial charge in [0, 0.05) is 30.4 Å². The Bertz CT molecular complexity index is 992. The molecule has 29 heavy (non-hydrogen) atoms. The van der Waals surface area contributed by atoms with Crippen LogP contribution in [0.3, 0.4) is 0 Å². The van der Waals surface area contributed by atoms with E-state index in [1.54, 1.807) is 36.4 Å². The number of aryl methyl sites for hydroxylation is 1. The summed E-state index contributed by atoms with van der Waals surface area (Å²) in [5, 5.41) is 12.6. The molecule has 0 atom stereocenters. The summed E-state index contributed by atoms with van der Waals surface area (Å²) in [6.07, 6.45) is 1.30. The molecule has 3 rings (SSSR count). The van der Waals surface area contributed by atoms with Gasteiger partial charge in [0.25, 0.3) is 11.8 Å². The van der Waals surface area contributed by atoms with E-state index in [1.807, 2.05) is 26.8 Å². The molecule has 1 saturated heterocycles. The summed E-state index contributed by atoms with van der Waals surface area (Å²) in [7, 11) is 0. The largest absolute Gasteiger partial charge is 0.507 e. The van der Waals surface area contributed by atoms with Gasteiger partial charge in [0.1, 0.15) is 11.3 Å². The Morgan fingerprint density at radius 2 is 1.69 bits per heavy atom. The Morgan fingerprint density at radius 3 is 2.28 bits per heavy atom. The van der Waals surface area contributed by atoms with Crippen molar-refractivity contribution in [2.75, 3.05) is 22.9 Å². The van der Waals surface area contributed by atoms with Crippen LogP contribution in [0.5, 0.6) is 5.75 Å². The highest BCUT2D eigenvalue weighted by Gasteiger charge is 2.36. The first-order valence-corrected chi connectivity index (χ1v) is 9.41. The van der Waals surface area contributed by atoms with Crippen molar-refractivity contribution in [3.05, 3.63) is 59.2 Å². The fraction of sp³-hybridized carbons (Fsp3) is 0.227.